The summed E-state index contributed by atoms with van der Waals surface area (Å²) in [5, 5.41) is 3.14. The number of nitrogens with two attached hydrogens (primary N) is 1. The zero-order chi connectivity index (χ0) is 13.1. The fraction of sp³-hybridized carbons (Fsp3) is 0.0909. The smallest absolute Gasteiger partial charge is 0.135 e. The molecule has 0 atom stereocenters. The fourth-order valence-corrected chi connectivity index (χ4v) is 2.61. The van der Waals surface area contributed by atoms with Crippen LogP contribution in [-0.2, 0) is 0 Å². The van der Waals surface area contributed by atoms with E-state index in [1.165, 1.54) is 6.33 Å². The molecule has 0 aliphatic heterocycles. The Balaban J connectivity index is 2.34. The van der Waals surface area contributed by atoms with E-state index in [9.17, 15) is 0 Å². The van der Waals surface area contributed by atoms with E-state index in [0.717, 1.165) is 20.4 Å². The van der Waals surface area contributed by atoms with Crippen LogP contribution in [0.4, 0.5) is 17.3 Å². The van der Waals surface area contributed by atoms with E-state index >= 15 is 0 Å². The third kappa shape index (κ3) is 2.91. The summed E-state index contributed by atoms with van der Waals surface area (Å²) in [5.74, 6) is 1.75. The van der Waals surface area contributed by atoms with Gasteiger partial charge >= 0.3 is 0 Å². The van der Waals surface area contributed by atoms with E-state index in [-0.39, 0.29) is 0 Å². The summed E-state index contributed by atoms with van der Waals surface area (Å²) < 4.78 is 6.98. The molecule has 7 heteroatoms. The summed E-state index contributed by atoms with van der Waals surface area (Å²) in [6.45, 7) is 0. The molecule has 0 spiro atoms. The lowest BCUT2D eigenvalue weighted by molar-refractivity contribution is 0.412. The predicted molar refractivity (Wildman–Crippen MR) is 78.1 cm³/mol. The van der Waals surface area contributed by atoms with E-state index in [0.29, 0.717) is 11.6 Å². The third-order valence-electron chi connectivity index (χ3n) is 2.19. The van der Waals surface area contributed by atoms with Crippen LogP contribution in [0.25, 0.3) is 0 Å². The van der Waals surface area contributed by atoms with Gasteiger partial charge in [0.25, 0.3) is 0 Å². The average Bonchev–Trinajstić information content (AvgIpc) is 2.33. The number of methoxy groups -OCH3 is 1. The van der Waals surface area contributed by atoms with Crippen molar-refractivity contribution in [1.29, 1.82) is 0 Å². The van der Waals surface area contributed by atoms with Gasteiger partial charge in [-0.15, -0.1) is 0 Å². The van der Waals surface area contributed by atoms with E-state index in [2.05, 4.69) is 47.1 Å². The lowest BCUT2D eigenvalue weighted by Gasteiger charge is -2.11. The van der Waals surface area contributed by atoms with Crippen molar-refractivity contribution in [3.63, 3.8) is 0 Å². The molecule has 5 nitrogen and oxygen atoms in total. The van der Waals surface area contributed by atoms with Crippen molar-refractivity contribution in [2.24, 2.45) is 0 Å². The molecule has 2 aromatic rings. The lowest BCUT2D eigenvalue weighted by atomic mass is 10.3. The summed E-state index contributed by atoms with van der Waals surface area (Å²) in [6.07, 6.45) is 1.40. The van der Waals surface area contributed by atoms with E-state index in [1.54, 1.807) is 13.2 Å². The molecule has 0 saturated heterocycles. The molecule has 0 amide bonds. The van der Waals surface area contributed by atoms with Crippen LogP contribution in [0.2, 0.25) is 0 Å². The zero-order valence-corrected chi connectivity index (χ0v) is 12.6. The van der Waals surface area contributed by atoms with Crippen LogP contribution >= 0.6 is 31.9 Å². The quantitative estimate of drug-likeness (QED) is 0.863. The Kier molecular flexibility index (Phi) is 4.03. The Morgan fingerprint density at radius 1 is 1.17 bits per heavy atom. The SMILES string of the molecule is COc1cc(Nc2cc(N)ncn2)c(Br)cc1Br. The summed E-state index contributed by atoms with van der Waals surface area (Å²) in [4.78, 5) is 7.91. The van der Waals surface area contributed by atoms with Crippen LogP contribution in [0, 0.1) is 0 Å². The Hall–Kier alpha value is -1.34. The van der Waals surface area contributed by atoms with Crippen LogP contribution < -0.4 is 15.8 Å². The number of ether oxygens (including phenoxy) is 1. The van der Waals surface area contributed by atoms with Crippen LogP contribution in [-0.4, -0.2) is 17.1 Å². The first-order valence-corrected chi connectivity index (χ1v) is 6.56. The molecule has 0 fully saturated rings. The van der Waals surface area contributed by atoms with Gasteiger partial charge in [0.05, 0.1) is 17.3 Å². The number of anilines is 3. The highest BCUT2D eigenvalue weighted by molar-refractivity contribution is 9.11. The number of hydrogen-bond acceptors (Lipinski definition) is 5. The maximum atomic E-state index is 5.60. The molecule has 2 rings (SSSR count). The Bertz CT molecular complexity index is 577. The topological polar surface area (TPSA) is 73.1 Å². The van der Waals surface area contributed by atoms with E-state index in [1.807, 2.05) is 12.1 Å². The van der Waals surface area contributed by atoms with Gasteiger partial charge in [0.2, 0.25) is 0 Å². The van der Waals surface area contributed by atoms with Gasteiger partial charge in [0, 0.05) is 16.6 Å². The van der Waals surface area contributed by atoms with Crippen molar-refractivity contribution < 1.29 is 4.74 Å². The number of nitrogens with one attached hydrogen (secondary N) is 1. The number of aromatic nitrogens is 2. The van der Waals surface area contributed by atoms with Gasteiger partial charge in [-0.3, -0.25) is 0 Å². The number of halogens is 2. The highest BCUT2D eigenvalue weighted by Crippen LogP contribution is 2.35. The highest BCUT2D eigenvalue weighted by Gasteiger charge is 2.08. The average molecular weight is 374 g/mol. The molecule has 1 heterocycles. The first-order chi connectivity index (χ1) is 8.60. The number of nitrogen functional groups attached to an aromatic ring is 1. The highest BCUT2D eigenvalue weighted by atomic mass is 79.9. The monoisotopic (exact) mass is 372 g/mol. The van der Waals surface area contributed by atoms with Gasteiger partial charge in [0.1, 0.15) is 23.7 Å². The molecule has 0 radical (unpaired) electrons. The van der Waals surface area contributed by atoms with E-state index in [4.69, 9.17) is 10.5 Å². The van der Waals surface area contributed by atoms with Crippen LogP contribution in [0.5, 0.6) is 5.75 Å². The van der Waals surface area contributed by atoms with Crippen molar-refractivity contribution >= 4 is 49.2 Å². The summed E-state index contributed by atoms with van der Waals surface area (Å²) in [5.41, 5.74) is 6.42. The molecule has 1 aromatic carbocycles. The van der Waals surface area contributed by atoms with Crippen molar-refractivity contribution in [1.82, 2.24) is 9.97 Å². The number of nitrogens with zero attached hydrogens (tertiary/aromatic N) is 2. The molecule has 1 aromatic heterocycles. The second-order valence-corrected chi connectivity index (χ2v) is 5.13. The van der Waals surface area contributed by atoms with Crippen LogP contribution in [0.15, 0.2) is 33.5 Å². The first-order valence-electron chi connectivity index (χ1n) is 4.97. The maximum Gasteiger partial charge on any atom is 0.135 e. The van der Waals surface area contributed by atoms with Crippen molar-refractivity contribution in [2.45, 2.75) is 0 Å². The van der Waals surface area contributed by atoms with Gasteiger partial charge in [-0.1, -0.05) is 0 Å². The fourth-order valence-electron chi connectivity index (χ4n) is 1.36. The molecular formula is C11H10Br2N4O. The normalized spacial score (nSPS) is 10.2. The first kappa shape index (κ1) is 13.1. The largest absolute Gasteiger partial charge is 0.495 e. The second kappa shape index (κ2) is 5.53. The maximum absolute atomic E-state index is 5.60. The Morgan fingerprint density at radius 2 is 1.94 bits per heavy atom. The van der Waals surface area contributed by atoms with Crippen molar-refractivity contribution in [3.05, 3.63) is 33.5 Å². The van der Waals surface area contributed by atoms with Gasteiger partial charge in [-0.2, -0.15) is 0 Å². The molecule has 0 aliphatic rings. The third-order valence-corrected chi connectivity index (χ3v) is 3.47. The zero-order valence-electron chi connectivity index (χ0n) is 9.45. The van der Waals surface area contributed by atoms with Gasteiger partial charge in [-0.25, -0.2) is 9.97 Å². The minimum atomic E-state index is 0.410. The van der Waals surface area contributed by atoms with Gasteiger partial charge in [-0.05, 0) is 37.9 Å². The second-order valence-electron chi connectivity index (χ2n) is 3.42. The Labute approximate surface area is 121 Å². The van der Waals surface area contributed by atoms with Crippen LogP contribution in [0.1, 0.15) is 0 Å². The minimum Gasteiger partial charge on any atom is -0.495 e. The molecule has 0 saturated carbocycles. The molecule has 3 N–H and O–H groups in total. The molecule has 94 valence electrons. The minimum absolute atomic E-state index is 0.410. The number of hydrogen-bond donors (Lipinski definition) is 2. The summed E-state index contributed by atoms with van der Waals surface area (Å²) >= 11 is 6.87. The molecule has 0 aliphatic carbocycles. The van der Waals surface area contributed by atoms with Gasteiger partial charge in [0.15, 0.2) is 0 Å². The predicted octanol–water partition coefficient (Wildman–Crippen LogP) is 3.34. The number of benzene rings is 1. The summed E-state index contributed by atoms with van der Waals surface area (Å²) in [6, 6.07) is 5.40. The van der Waals surface area contributed by atoms with Crippen LogP contribution in [0.3, 0.4) is 0 Å². The van der Waals surface area contributed by atoms with Crippen molar-refractivity contribution in [2.75, 3.05) is 18.2 Å². The Morgan fingerprint density at radius 3 is 2.61 bits per heavy atom. The molecule has 18 heavy (non-hydrogen) atoms. The summed E-state index contributed by atoms with van der Waals surface area (Å²) in [7, 11) is 1.61. The van der Waals surface area contributed by atoms with Crippen molar-refractivity contribution in [3.8, 4) is 5.75 Å². The molecule has 0 bridgehead atoms. The lowest BCUT2D eigenvalue weighted by Crippen LogP contribution is -1.98. The number of rotatable bonds is 3. The van der Waals surface area contributed by atoms with Gasteiger partial charge < -0.3 is 15.8 Å². The molecular weight excluding hydrogens is 364 g/mol. The standard InChI is InChI=1S/C11H10Br2N4O/c1-18-9-3-8(6(12)2-7(9)13)17-11-4-10(14)15-5-16-11/h2-5H,1H3,(H3,14,15,16,17). The molecule has 0 unspecified atom stereocenters. The van der Waals surface area contributed by atoms with E-state index < -0.39 is 0 Å².